The maximum absolute atomic E-state index is 13.8. The lowest BCUT2D eigenvalue weighted by Crippen LogP contribution is -2.22. The molecule has 1 saturated heterocycles. The zero-order valence-corrected chi connectivity index (χ0v) is 12.2. The number of unbranched alkanes of at least 4 members (excludes halogenated alkanes) is 1. The molecule has 3 atom stereocenters. The van der Waals surface area contributed by atoms with Gasteiger partial charge < -0.3 is 5.32 Å². The molecular formula is C15H25ClFN. The van der Waals surface area contributed by atoms with E-state index in [1.807, 2.05) is 12.2 Å². The van der Waals surface area contributed by atoms with Crippen LogP contribution in [-0.2, 0) is 0 Å². The van der Waals surface area contributed by atoms with E-state index in [1.54, 1.807) is 0 Å². The molecule has 1 aliphatic heterocycles. The van der Waals surface area contributed by atoms with Gasteiger partial charge in [0, 0.05) is 24.0 Å². The molecule has 1 fully saturated rings. The van der Waals surface area contributed by atoms with Crippen LogP contribution in [0.3, 0.4) is 0 Å². The molecule has 104 valence electrons. The van der Waals surface area contributed by atoms with Crippen molar-refractivity contribution in [1.29, 1.82) is 0 Å². The Hall–Kier alpha value is -0.340. The summed E-state index contributed by atoms with van der Waals surface area (Å²) in [7, 11) is 0. The molecule has 0 spiro atoms. The lowest BCUT2D eigenvalue weighted by atomic mass is 9.86. The Kier molecular flexibility index (Phi) is 7.60. The molecule has 0 aromatic heterocycles. The average Bonchev–Trinajstić information content (AvgIpc) is 2.76. The van der Waals surface area contributed by atoms with Crippen LogP contribution in [0.4, 0.5) is 4.39 Å². The van der Waals surface area contributed by atoms with Gasteiger partial charge in [-0.3, -0.25) is 0 Å². The third-order valence-electron chi connectivity index (χ3n) is 3.53. The normalized spacial score (nSPS) is 27.0. The lowest BCUT2D eigenvalue weighted by Gasteiger charge is -2.21. The topological polar surface area (TPSA) is 12.0 Å². The maximum Gasteiger partial charge on any atom is 0.117 e. The Morgan fingerprint density at radius 1 is 1.44 bits per heavy atom. The molecule has 0 bridgehead atoms. The van der Waals surface area contributed by atoms with Crippen LogP contribution in [0.5, 0.6) is 0 Å². The molecular weight excluding hydrogens is 249 g/mol. The molecule has 1 heterocycles. The number of hydrogen-bond acceptors (Lipinski definition) is 1. The van der Waals surface area contributed by atoms with Crippen LogP contribution in [0.25, 0.3) is 0 Å². The van der Waals surface area contributed by atoms with Crippen molar-refractivity contribution in [1.82, 2.24) is 5.32 Å². The Morgan fingerprint density at radius 3 is 2.78 bits per heavy atom. The monoisotopic (exact) mass is 273 g/mol. The van der Waals surface area contributed by atoms with Crippen LogP contribution in [0.15, 0.2) is 23.3 Å². The third kappa shape index (κ3) is 5.11. The number of alkyl halides is 1. The molecule has 0 radical (unpaired) electrons. The van der Waals surface area contributed by atoms with Crippen molar-refractivity contribution in [3.05, 3.63) is 23.3 Å². The smallest absolute Gasteiger partial charge is 0.117 e. The molecule has 18 heavy (non-hydrogen) atoms. The van der Waals surface area contributed by atoms with Gasteiger partial charge in [0.1, 0.15) is 6.17 Å². The first-order valence-corrected chi connectivity index (χ1v) is 7.45. The van der Waals surface area contributed by atoms with E-state index >= 15 is 0 Å². The quantitative estimate of drug-likeness (QED) is 0.676. The molecule has 0 aromatic rings. The Labute approximate surface area is 115 Å². The van der Waals surface area contributed by atoms with Gasteiger partial charge in [0.05, 0.1) is 0 Å². The highest BCUT2D eigenvalue weighted by molar-refractivity contribution is 6.31. The number of rotatable bonds is 7. The van der Waals surface area contributed by atoms with Crippen molar-refractivity contribution in [2.24, 2.45) is 11.8 Å². The van der Waals surface area contributed by atoms with E-state index in [-0.39, 0.29) is 5.92 Å². The van der Waals surface area contributed by atoms with E-state index in [4.69, 9.17) is 11.6 Å². The second-order valence-corrected chi connectivity index (χ2v) is 5.44. The maximum atomic E-state index is 13.8. The van der Waals surface area contributed by atoms with Gasteiger partial charge in [-0.25, -0.2) is 4.39 Å². The van der Waals surface area contributed by atoms with E-state index in [2.05, 4.69) is 25.2 Å². The number of hydrogen-bond donors (Lipinski definition) is 1. The van der Waals surface area contributed by atoms with Crippen LogP contribution < -0.4 is 5.32 Å². The van der Waals surface area contributed by atoms with Crippen molar-refractivity contribution in [2.45, 2.75) is 45.7 Å². The van der Waals surface area contributed by atoms with E-state index in [0.29, 0.717) is 12.5 Å². The van der Waals surface area contributed by atoms with Crippen LogP contribution in [0, 0.1) is 11.8 Å². The van der Waals surface area contributed by atoms with E-state index in [9.17, 15) is 4.39 Å². The molecule has 0 saturated carbocycles. The van der Waals surface area contributed by atoms with Gasteiger partial charge in [-0.1, -0.05) is 50.4 Å². The summed E-state index contributed by atoms with van der Waals surface area (Å²) in [6.45, 7) is 5.52. The number of nitrogens with one attached hydrogen (secondary N) is 1. The van der Waals surface area contributed by atoms with Gasteiger partial charge in [0.2, 0.25) is 0 Å². The van der Waals surface area contributed by atoms with Crippen molar-refractivity contribution in [3.63, 3.8) is 0 Å². The van der Waals surface area contributed by atoms with Crippen LogP contribution in [-0.4, -0.2) is 19.3 Å². The van der Waals surface area contributed by atoms with Gasteiger partial charge in [0.15, 0.2) is 0 Å². The SMILES string of the molecule is CC/C=C(Cl)\C=C/C(CCCC)C1CNCC1F. The lowest BCUT2D eigenvalue weighted by molar-refractivity contribution is 0.230. The fourth-order valence-corrected chi connectivity index (χ4v) is 2.69. The van der Waals surface area contributed by atoms with Crippen LogP contribution in [0.2, 0.25) is 0 Å². The van der Waals surface area contributed by atoms with Crippen molar-refractivity contribution >= 4 is 11.6 Å². The molecule has 1 aliphatic rings. The summed E-state index contributed by atoms with van der Waals surface area (Å²) in [4.78, 5) is 0. The third-order valence-corrected chi connectivity index (χ3v) is 3.81. The fraction of sp³-hybridized carbons (Fsp3) is 0.733. The van der Waals surface area contributed by atoms with Gasteiger partial charge in [-0.15, -0.1) is 0 Å². The zero-order valence-electron chi connectivity index (χ0n) is 11.5. The summed E-state index contributed by atoms with van der Waals surface area (Å²) in [5.41, 5.74) is 0. The summed E-state index contributed by atoms with van der Waals surface area (Å²) < 4.78 is 13.8. The van der Waals surface area contributed by atoms with Crippen molar-refractivity contribution in [2.75, 3.05) is 13.1 Å². The van der Waals surface area contributed by atoms with Crippen LogP contribution >= 0.6 is 11.6 Å². The molecule has 0 aromatic carbocycles. The van der Waals surface area contributed by atoms with Crippen molar-refractivity contribution < 1.29 is 4.39 Å². The van der Waals surface area contributed by atoms with Crippen LogP contribution in [0.1, 0.15) is 39.5 Å². The first-order chi connectivity index (χ1) is 8.69. The zero-order chi connectivity index (χ0) is 13.4. The van der Waals surface area contributed by atoms with Gasteiger partial charge in [-0.05, 0) is 24.8 Å². The second-order valence-electron chi connectivity index (χ2n) is 5.00. The largest absolute Gasteiger partial charge is 0.313 e. The molecule has 3 heteroatoms. The second kappa shape index (κ2) is 8.71. The number of halogens is 2. The number of allylic oxidation sites excluding steroid dienone is 4. The Morgan fingerprint density at radius 2 is 2.22 bits per heavy atom. The summed E-state index contributed by atoms with van der Waals surface area (Å²) in [6, 6.07) is 0. The molecule has 3 unspecified atom stereocenters. The summed E-state index contributed by atoms with van der Waals surface area (Å²) >= 11 is 6.07. The highest BCUT2D eigenvalue weighted by atomic mass is 35.5. The summed E-state index contributed by atoms with van der Waals surface area (Å²) in [6.07, 6.45) is 9.59. The fourth-order valence-electron chi connectivity index (χ4n) is 2.46. The van der Waals surface area contributed by atoms with E-state index in [0.717, 1.165) is 37.3 Å². The molecule has 0 amide bonds. The highest BCUT2D eigenvalue weighted by Gasteiger charge is 2.31. The van der Waals surface area contributed by atoms with Gasteiger partial charge in [0.25, 0.3) is 0 Å². The van der Waals surface area contributed by atoms with Crippen molar-refractivity contribution in [3.8, 4) is 0 Å². The first kappa shape index (κ1) is 15.7. The molecule has 1 nitrogen and oxygen atoms in total. The summed E-state index contributed by atoms with van der Waals surface area (Å²) in [5.74, 6) is 0.410. The first-order valence-electron chi connectivity index (χ1n) is 7.07. The molecule has 0 aliphatic carbocycles. The Bertz CT molecular complexity index is 288. The predicted octanol–water partition coefficient (Wildman–Crippen LogP) is 4.44. The molecule has 1 N–H and O–H groups in total. The predicted molar refractivity (Wildman–Crippen MR) is 77.6 cm³/mol. The highest BCUT2D eigenvalue weighted by Crippen LogP contribution is 2.28. The van der Waals surface area contributed by atoms with Gasteiger partial charge >= 0.3 is 0 Å². The minimum Gasteiger partial charge on any atom is -0.313 e. The standard InChI is InChI=1S/C15H25ClFN/c1-3-5-7-12(8-9-13(16)6-4-2)14-10-18-11-15(14)17/h6,8-9,12,14-15,18H,3-5,7,10-11H2,1-2H3/b9-8-,13-6+. The molecule has 1 rings (SSSR count). The average molecular weight is 274 g/mol. The Balaban J connectivity index is 2.62. The minimum absolute atomic E-state index is 0.110. The van der Waals surface area contributed by atoms with E-state index < -0.39 is 6.17 Å². The van der Waals surface area contributed by atoms with Gasteiger partial charge in [-0.2, -0.15) is 0 Å². The summed E-state index contributed by atoms with van der Waals surface area (Å²) in [5, 5.41) is 3.90. The minimum atomic E-state index is -0.717. The van der Waals surface area contributed by atoms with E-state index in [1.165, 1.54) is 0 Å².